The van der Waals surface area contributed by atoms with Gasteiger partial charge in [0.2, 0.25) is 11.8 Å². The van der Waals surface area contributed by atoms with Crippen molar-refractivity contribution in [2.45, 2.75) is 33.1 Å². The zero-order valence-corrected chi connectivity index (χ0v) is 12.4. The van der Waals surface area contributed by atoms with Crippen LogP contribution in [0.4, 0.5) is 0 Å². The lowest BCUT2D eigenvalue weighted by Gasteiger charge is -2.22. The molecule has 5 heteroatoms. The first-order valence-electron chi connectivity index (χ1n) is 7.09. The van der Waals surface area contributed by atoms with E-state index in [0.29, 0.717) is 38.5 Å². The average Bonchev–Trinajstić information content (AvgIpc) is 2.60. The van der Waals surface area contributed by atoms with Gasteiger partial charge in [-0.15, -0.1) is 0 Å². The number of hydrogen-bond donors (Lipinski definition) is 0. The van der Waals surface area contributed by atoms with E-state index >= 15 is 0 Å². The Morgan fingerprint density at radius 1 is 1.05 bits per heavy atom. The van der Waals surface area contributed by atoms with Crippen molar-refractivity contribution in [2.24, 2.45) is 5.92 Å². The van der Waals surface area contributed by atoms with Crippen molar-refractivity contribution in [3.8, 4) is 0 Å². The molecule has 1 aliphatic heterocycles. The molecule has 19 heavy (non-hydrogen) atoms. The van der Waals surface area contributed by atoms with E-state index in [9.17, 15) is 9.59 Å². The van der Waals surface area contributed by atoms with E-state index in [1.54, 1.807) is 7.11 Å². The van der Waals surface area contributed by atoms with Gasteiger partial charge >= 0.3 is 0 Å². The maximum Gasteiger partial charge on any atom is 0.224 e. The van der Waals surface area contributed by atoms with E-state index in [4.69, 9.17) is 4.74 Å². The minimum Gasteiger partial charge on any atom is -0.384 e. The molecule has 1 rings (SSSR count). The molecular weight excluding hydrogens is 244 g/mol. The van der Waals surface area contributed by atoms with E-state index < -0.39 is 0 Å². The van der Waals surface area contributed by atoms with Crippen LogP contribution in [-0.2, 0) is 14.3 Å². The molecule has 0 saturated carbocycles. The lowest BCUT2D eigenvalue weighted by Crippen LogP contribution is -2.37. The highest BCUT2D eigenvalue weighted by atomic mass is 16.5. The third-order valence-corrected chi connectivity index (χ3v) is 3.30. The normalized spacial score (nSPS) is 16.6. The summed E-state index contributed by atoms with van der Waals surface area (Å²) in [7, 11) is 1.60. The third kappa shape index (κ3) is 5.59. The van der Waals surface area contributed by atoms with Crippen LogP contribution >= 0.6 is 0 Å². The van der Waals surface area contributed by atoms with Gasteiger partial charge < -0.3 is 14.5 Å². The van der Waals surface area contributed by atoms with Crippen LogP contribution in [0, 0.1) is 5.92 Å². The number of nitrogens with zero attached hydrogens (tertiary/aromatic N) is 2. The summed E-state index contributed by atoms with van der Waals surface area (Å²) >= 11 is 0. The second kappa shape index (κ2) is 8.15. The average molecular weight is 270 g/mol. The number of carbonyl (C=O) groups excluding carboxylic acids is 2. The van der Waals surface area contributed by atoms with Crippen molar-refractivity contribution in [1.82, 2.24) is 9.80 Å². The predicted molar refractivity (Wildman–Crippen MR) is 73.7 cm³/mol. The molecule has 0 aliphatic carbocycles. The topological polar surface area (TPSA) is 49.9 Å². The molecule has 0 aromatic heterocycles. The van der Waals surface area contributed by atoms with E-state index in [0.717, 1.165) is 19.5 Å². The molecule has 5 nitrogen and oxygen atoms in total. The van der Waals surface area contributed by atoms with Gasteiger partial charge in [-0.3, -0.25) is 9.59 Å². The van der Waals surface area contributed by atoms with Crippen molar-refractivity contribution in [2.75, 3.05) is 39.9 Å². The van der Waals surface area contributed by atoms with Gasteiger partial charge in [-0.1, -0.05) is 13.8 Å². The molecule has 1 aliphatic rings. The first-order chi connectivity index (χ1) is 9.04. The SMILES string of the molecule is COCCC(=O)N1CCCN(C(=O)CC(C)C)CC1. The maximum absolute atomic E-state index is 12.0. The molecular formula is C14H26N2O3. The summed E-state index contributed by atoms with van der Waals surface area (Å²) in [4.78, 5) is 27.7. The van der Waals surface area contributed by atoms with Crippen LogP contribution < -0.4 is 0 Å². The van der Waals surface area contributed by atoms with Crippen LogP contribution in [0.2, 0.25) is 0 Å². The van der Waals surface area contributed by atoms with Crippen LogP contribution in [0.15, 0.2) is 0 Å². The Morgan fingerprint density at radius 3 is 2.16 bits per heavy atom. The van der Waals surface area contributed by atoms with Gasteiger partial charge in [0.25, 0.3) is 0 Å². The van der Waals surface area contributed by atoms with E-state index in [-0.39, 0.29) is 11.8 Å². The van der Waals surface area contributed by atoms with Crippen molar-refractivity contribution in [1.29, 1.82) is 0 Å². The number of ether oxygens (including phenoxy) is 1. The Morgan fingerprint density at radius 2 is 1.63 bits per heavy atom. The molecule has 110 valence electrons. The second-order valence-electron chi connectivity index (χ2n) is 5.46. The molecule has 0 atom stereocenters. The molecule has 0 aromatic rings. The number of hydrogen-bond acceptors (Lipinski definition) is 3. The molecule has 0 N–H and O–H groups in total. The fourth-order valence-electron chi connectivity index (χ4n) is 2.24. The summed E-state index contributed by atoms with van der Waals surface area (Å²) in [5.74, 6) is 0.719. The lowest BCUT2D eigenvalue weighted by molar-refractivity contribution is -0.134. The fraction of sp³-hybridized carbons (Fsp3) is 0.857. The van der Waals surface area contributed by atoms with Gasteiger partial charge in [-0.2, -0.15) is 0 Å². The van der Waals surface area contributed by atoms with E-state index in [1.807, 2.05) is 9.80 Å². The molecule has 1 saturated heterocycles. The predicted octanol–water partition coefficient (Wildman–Crippen LogP) is 1.13. The van der Waals surface area contributed by atoms with E-state index in [1.165, 1.54) is 0 Å². The highest BCUT2D eigenvalue weighted by Gasteiger charge is 2.21. The second-order valence-corrected chi connectivity index (χ2v) is 5.46. The standard InChI is InChI=1S/C14H26N2O3/c1-12(2)11-14(18)16-7-4-6-15(8-9-16)13(17)5-10-19-3/h12H,4-11H2,1-3H3. The molecule has 1 fully saturated rings. The number of rotatable bonds is 5. The molecule has 0 radical (unpaired) electrons. The highest BCUT2D eigenvalue weighted by molar-refractivity contribution is 5.78. The van der Waals surface area contributed by atoms with Gasteiger partial charge in [-0.25, -0.2) is 0 Å². The lowest BCUT2D eigenvalue weighted by atomic mass is 10.1. The minimum absolute atomic E-state index is 0.125. The zero-order valence-electron chi connectivity index (χ0n) is 12.4. The quantitative estimate of drug-likeness (QED) is 0.752. The molecule has 0 bridgehead atoms. The van der Waals surface area contributed by atoms with Crippen molar-refractivity contribution < 1.29 is 14.3 Å². The Balaban J connectivity index is 2.42. The van der Waals surface area contributed by atoms with Crippen LogP contribution in [0.25, 0.3) is 0 Å². The van der Waals surface area contributed by atoms with Gasteiger partial charge in [0.15, 0.2) is 0 Å². The number of methoxy groups -OCH3 is 1. The van der Waals surface area contributed by atoms with Crippen molar-refractivity contribution in [3.63, 3.8) is 0 Å². The monoisotopic (exact) mass is 270 g/mol. The minimum atomic E-state index is 0.125. The largest absolute Gasteiger partial charge is 0.384 e. The summed E-state index contributed by atoms with van der Waals surface area (Å²) in [5.41, 5.74) is 0. The van der Waals surface area contributed by atoms with Crippen LogP contribution in [0.5, 0.6) is 0 Å². The van der Waals surface area contributed by atoms with E-state index in [2.05, 4.69) is 13.8 Å². The van der Waals surface area contributed by atoms with Crippen LogP contribution in [-0.4, -0.2) is 61.5 Å². The van der Waals surface area contributed by atoms with Crippen LogP contribution in [0.1, 0.15) is 33.1 Å². The first kappa shape index (κ1) is 16.0. The highest BCUT2D eigenvalue weighted by Crippen LogP contribution is 2.09. The Labute approximate surface area is 115 Å². The van der Waals surface area contributed by atoms with Crippen molar-refractivity contribution in [3.05, 3.63) is 0 Å². The Bertz CT molecular complexity index is 305. The first-order valence-corrected chi connectivity index (χ1v) is 7.09. The maximum atomic E-state index is 12.0. The van der Waals surface area contributed by atoms with Gasteiger partial charge in [0.05, 0.1) is 13.0 Å². The summed E-state index contributed by atoms with van der Waals surface area (Å²) in [6, 6.07) is 0. The van der Waals surface area contributed by atoms with Gasteiger partial charge in [0, 0.05) is 39.7 Å². The zero-order chi connectivity index (χ0) is 14.3. The summed E-state index contributed by atoms with van der Waals surface area (Å²) in [6.07, 6.45) is 1.89. The van der Waals surface area contributed by atoms with Gasteiger partial charge in [0.1, 0.15) is 0 Å². The fourth-order valence-corrected chi connectivity index (χ4v) is 2.24. The summed E-state index contributed by atoms with van der Waals surface area (Å²) < 4.78 is 4.93. The number of carbonyl (C=O) groups is 2. The molecule has 0 aromatic carbocycles. The molecule has 0 spiro atoms. The Hall–Kier alpha value is -1.10. The van der Waals surface area contributed by atoms with Crippen molar-refractivity contribution >= 4 is 11.8 Å². The Kier molecular flexibility index (Phi) is 6.84. The number of amides is 2. The van der Waals surface area contributed by atoms with Gasteiger partial charge in [-0.05, 0) is 12.3 Å². The molecule has 0 unspecified atom stereocenters. The summed E-state index contributed by atoms with van der Waals surface area (Å²) in [5, 5.41) is 0. The molecule has 2 amide bonds. The van der Waals surface area contributed by atoms with Crippen LogP contribution in [0.3, 0.4) is 0 Å². The smallest absolute Gasteiger partial charge is 0.224 e. The molecule has 1 heterocycles. The summed E-state index contributed by atoms with van der Waals surface area (Å²) in [6.45, 7) is 7.38. The third-order valence-electron chi connectivity index (χ3n) is 3.30.